The first-order valence-electron chi connectivity index (χ1n) is 5.68. The number of carbonyl (C=O) groups is 1. The molecule has 1 aromatic heterocycles. The van der Waals surface area contributed by atoms with Gasteiger partial charge in [0.1, 0.15) is 0 Å². The van der Waals surface area contributed by atoms with Gasteiger partial charge in [0.2, 0.25) is 0 Å². The molecule has 0 saturated carbocycles. The number of hydrogen-bond donors (Lipinski definition) is 2. The molecule has 1 aromatic rings. The fraction of sp³-hybridized carbons (Fsp3) is 0.545. The number of piperidine rings is 1. The Morgan fingerprint density at radius 1 is 1.59 bits per heavy atom. The second-order valence-electron chi connectivity index (χ2n) is 4.38. The van der Waals surface area contributed by atoms with Crippen LogP contribution in [0.5, 0.6) is 0 Å². The minimum atomic E-state index is 0.0395. The predicted molar refractivity (Wildman–Crippen MR) is 68.7 cm³/mol. The van der Waals surface area contributed by atoms with E-state index in [0.29, 0.717) is 23.6 Å². The smallest absolute Gasteiger partial charge is 0.257 e. The maximum atomic E-state index is 12.2. The molecule has 3 N–H and O–H groups in total. The Morgan fingerprint density at radius 3 is 2.71 bits per heavy atom. The lowest BCUT2D eigenvalue weighted by molar-refractivity contribution is 0.0709. The molecule has 0 spiro atoms. The summed E-state index contributed by atoms with van der Waals surface area (Å²) >= 11 is 4.98. The third-order valence-corrected chi connectivity index (χ3v) is 3.58. The number of carbonyl (C=O) groups excluding carboxylic acids is 1. The number of nitrogens with two attached hydrogens (primary N) is 1. The second-order valence-corrected chi connectivity index (χ2v) is 4.85. The van der Waals surface area contributed by atoms with E-state index in [-0.39, 0.29) is 11.8 Å². The van der Waals surface area contributed by atoms with Gasteiger partial charge in [0.15, 0.2) is 0 Å². The summed E-state index contributed by atoms with van der Waals surface area (Å²) in [4.78, 5) is 14.6. The minimum Gasteiger partial charge on any atom is -0.393 e. The normalized spacial score (nSPS) is 17.1. The highest BCUT2D eigenvalue weighted by atomic mass is 32.1. The van der Waals surface area contributed by atoms with Crippen LogP contribution in [0.15, 0.2) is 6.20 Å². The molecule has 0 aliphatic carbocycles. The minimum absolute atomic E-state index is 0.0395. The zero-order valence-electron chi connectivity index (χ0n) is 9.77. The van der Waals surface area contributed by atoms with E-state index in [1.54, 1.807) is 6.20 Å². The average molecular weight is 252 g/mol. The SMILES string of the molecule is Cc1[nH]ncc1C(=O)N1CCC(C(N)=S)CC1. The molecule has 17 heavy (non-hydrogen) atoms. The molecule has 1 fully saturated rings. The molecule has 6 heteroatoms. The van der Waals surface area contributed by atoms with Gasteiger partial charge in [0, 0.05) is 24.7 Å². The van der Waals surface area contributed by atoms with Gasteiger partial charge in [-0.2, -0.15) is 5.10 Å². The summed E-state index contributed by atoms with van der Waals surface area (Å²) in [6.07, 6.45) is 3.30. The molecule has 0 unspecified atom stereocenters. The third kappa shape index (κ3) is 2.46. The molecule has 1 aliphatic heterocycles. The zero-order chi connectivity index (χ0) is 12.4. The predicted octanol–water partition coefficient (Wildman–Crippen LogP) is 0.856. The highest BCUT2D eigenvalue weighted by molar-refractivity contribution is 7.80. The molecule has 2 rings (SSSR count). The Labute approximate surface area is 105 Å². The van der Waals surface area contributed by atoms with Crippen molar-refractivity contribution in [2.24, 2.45) is 11.7 Å². The maximum Gasteiger partial charge on any atom is 0.257 e. The van der Waals surface area contributed by atoms with Crippen LogP contribution in [-0.4, -0.2) is 39.1 Å². The van der Waals surface area contributed by atoms with E-state index in [1.165, 1.54) is 0 Å². The highest BCUT2D eigenvalue weighted by Gasteiger charge is 2.26. The van der Waals surface area contributed by atoms with E-state index < -0.39 is 0 Å². The Kier molecular flexibility index (Phi) is 3.42. The number of aromatic nitrogens is 2. The van der Waals surface area contributed by atoms with E-state index in [2.05, 4.69) is 10.2 Å². The average Bonchev–Trinajstić information content (AvgIpc) is 2.74. The van der Waals surface area contributed by atoms with Crippen molar-refractivity contribution in [3.05, 3.63) is 17.5 Å². The van der Waals surface area contributed by atoms with E-state index in [1.807, 2.05) is 11.8 Å². The van der Waals surface area contributed by atoms with Crippen molar-refractivity contribution in [2.75, 3.05) is 13.1 Å². The van der Waals surface area contributed by atoms with Crippen LogP contribution in [0.3, 0.4) is 0 Å². The van der Waals surface area contributed by atoms with Gasteiger partial charge in [0.25, 0.3) is 5.91 Å². The van der Waals surface area contributed by atoms with Crippen molar-refractivity contribution < 1.29 is 4.79 Å². The van der Waals surface area contributed by atoms with Crippen molar-refractivity contribution in [1.82, 2.24) is 15.1 Å². The van der Waals surface area contributed by atoms with Gasteiger partial charge in [0.05, 0.1) is 16.7 Å². The van der Waals surface area contributed by atoms with Crippen LogP contribution in [0.2, 0.25) is 0 Å². The molecular formula is C11H16N4OS. The number of thiocarbonyl (C=S) groups is 1. The third-order valence-electron chi connectivity index (χ3n) is 3.24. The van der Waals surface area contributed by atoms with E-state index >= 15 is 0 Å². The number of likely N-dealkylation sites (tertiary alicyclic amines) is 1. The number of amides is 1. The molecule has 0 bridgehead atoms. The number of hydrogen-bond acceptors (Lipinski definition) is 3. The Morgan fingerprint density at radius 2 is 2.24 bits per heavy atom. The number of nitrogens with zero attached hydrogens (tertiary/aromatic N) is 2. The standard InChI is InChI=1S/C11H16N4OS/c1-7-9(6-13-14-7)11(16)15-4-2-8(3-5-15)10(12)17/h6,8H,2-5H2,1H3,(H2,12,17)(H,13,14). The molecule has 0 aromatic carbocycles. The second kappa shape index (κ2) is 4.83. The van der Waals surface area contributed by atoms with E-state index in [9.17, 15) is 4.79 Å². The first-order chi connectivity index (χ1) is 8.09. The van der Waals surface area contributed by atoms with Crippen LogP contribution >= 0.6 is 12.2 Å². The molecule has 0 radical (unpaired) electrons. The molecule has 92 valence electrons. The molecular weight excluding hydrogens is 236 g/mol. The summed E-state index contributed by atoms with van der Waals surface area (Å²) < 4.78 is 0. The summed E-state index contributed by atoms with van der Waals surface area (Å²) in [6.45, 7) is 3.28. The quantitative estimate of drug-likeness (QED) is 0.765. The Hall–Kier alpha value is -1.43. The van der Waals surface area contributed by atoms with Gasteiger partial charge in [-0.3, -0.25) is 9.89 Å². The fourth-order valence-electron chi connectivity index (χ4n) is 2.10. The lowest BCUT2D eigenvalue weighted by Gasteiger charge is -2.31. The largest absolute Gasteiger partial charge is 0.393 e. The number of aryl methyl sites for hydroxylation is 1. The van der Waals surface area contributed by atoms with Crippen LogP contribution in [0, 0.1) is 12.8 Å². The summed E-state index contributed by atoms with van der Waals surface area (Å²) in [6, 6.07) is 0. The Bertz CT molecular complexity index is 434. The lowest BCUT2D eigenvalue weighted by atomic mass is 9.96. The molecule has 0 atom stereocenters. The van der Waals surface area contributed by atoms with Crippen LogP contribution in [-0.2, 0) is 0 Å². The van der Waals surface area contributed by atoms with Gasteiger partial charge >= 0.3 is 0 Å². The highest BCUT2D eigenvalue weighted by Crippen LogP contribution is 2.19. The fourth-order valence-corrected chi connectivity index (χ4v) is 2.34. The van der Waals surface area contributed by atoms with Crippen LogP contribution in [0.25, 0.3) is 0 Å². The van der Waals surface area contributed by atoms with Gasteiger partial charge in [-0.05, 0) is 19.8 Å². The molecule has 5 nitrogen and oxygen atoms in total. The van der Waals surface area contributed by atoms with Gasteiger partial charge in [-0.15, -0.1) is 0 Å². The van der Waals surface area contributed by atoms with Gasteiger partial charge < -0.3 is 10.6 Å². The van der Waals surface area contributed by atoms with E-state index in [4.69, 9.17) is 18.0 Å². The molecule has 2 heterocycles. The maximum absolute atomic E-state index is 12.2. The van der Waals surface area contributed by atoms with Crippen molar-refractivity contribution in [2.45, 2.75) is 19.8 Å². The van der Waals surface area contributed by atoms with Crippen molar-refractivity contribution in [1.29, 1.82) is 0 Å². The topological polar surface area (TPSA) is 75.0 Å². The molecule has 1 saturated heterocycles. The number of aromatic amines is 1. The van der Waals surface area contributed by atoms with Crippen molar-refractivity contribution in [3.8, 4) is 0 Å². The molecule has 1 amide bonds. The first-order valence-corrected chi connectivity index (χ1v) is 6.09. The van der Waals surface area contributed by atoms with Crippen molar-refractivity contribution >= 4 is 23.1 Å². The van der Waals surface area contributed by atoms with Crippen LogP contribution in [0.1, 0.15) is 28.9 Å². The van der Waals surface area contributed by atoms with E-state index in [0.717, 1.165) is 18.5 Å². The molecule has 1 aliphatic rings. The van der Waals surface area contributed by atoms with Gasteiger partial charge in [-0.1, -0.05) is 12.2 Å². The summed E-state index contributed by atoms with van der Waals surface area (Å²) in [5.74, 6) is 0.317. The van der Waals surface area contributed by atoms with Gasteiger partial charge in [-0.25, -0.2) is 0 Å². The lowest BCUT2D eigenvalue weighted by Crippen LogP contribution is -2.41. The first kappa shape index (κ1) is 12.0. The summed E-state index contributed by atoms with van der Waals surface area (Å²) in [7, 11) is 0. The Balaban J connectivity index is 2.00. The van der Waals surface area contributed by atoms with Crippen LogP contribution < -0.4 is 5.73 Å². The number of nitrogens with one attached hydrogen (secondary N) is 1. The summed E-state index contributed by atoms with van der Waals surface area (Å²) in [5.41, 5.74) is 7.08. The van der Waals surface area contributed by atoms with Crippen molar-refractivity contribution in [3.63, 3.8) is 0 Å². The van der Waals surface area contributed by atoms with Crippen LogP contribution in [0.4, 0.5) is 0 Å². The zero-order valence-corrected chi connectivity index (χ0v) is 10.6. The summed E-state index contributed by atoms with van der Waals surface area (Å²) in [5, 5.41) is 6.64. The number of H-pyrrole nitrogens is 1. The monoisotopic (exact) mass is 252 g/mol. The number of rotatable bonds is 2.